The fraction of sp³-hybridized carbons (Fsp3) is 0.692. The van der Waals surface area contributed by atoms with Gasteiger partial charge in [0.05, 0.1) is 21.3 Å². The zero-order valence-corrected chi connectivity index (χ0v) is 12.3. The minimum absolute atomic E-state index is 0.0264. The Hall–Kier alpha value is -2.12. The average molecular weight is 301 g/mol. The van der Waals surface area contributed by atoms with Crippen LogP contribution in [0.3, 0.4) is 0 Å². The largest absolute Gasteiger partial charge is 0.469 e. The highest BCUT2D eigenvalue weighted by atomic mass is 16.5. The van der Waals surface area contributed by atoms with E-state index in [1.54, 1.807) is 0 Å². The number of rotatable bonds is 6. The standard InChI is InChI=1S/C13H19NO7/c1-19-11(16)7-5-9(13(18)21-3)14-8(12(17)20-2)4-6-10(14)15/h8-9H,4-7H2,1-3H3. The zero-order valence-electron chi connectivity index (χ0n) is 12.3. The summed E-state index contributed by atoms with van der Waals surface area (Å²) in [5, 5.41) is 0. The summed E-state index contributed by atoms with van der Waals surface area (Å²) in [4.78, 5) is 48.0. The van der Waals surface area contributed by atoms with Crippen molar-refractivity contribution in [2.24, 2.45) is 0 Å². The quantitative estimate of drug-likeness (QED) is 0.488. The molecule has 0 aromatic carbocycles. The van der Waals surface area contributed by atoms with Crippen LogP contribution in [0.15, 0.2) is 0 Å². The van der Waals surface area contributed by atoms with Crippen LogP contribution in [0.1, 0.15) is 25.7 Å². The molecule has 0 N–H and O–H groups in total. The number of hydrogen-bond donors (Lipinski definition) is 0. The molecule has 1 aliphatic heterocycles. The van der Waals surface area contributed by atoms with E-state index in [1.807, 2.05) is 0 Å². The third-order valence-electron chi connectivity index (χ3n) is 3.39. The maximum atomic E-state index is 12.0. The molecule has 0 aliphatic carbocycles. The van der Waals surface area contributed by atoms with Crippen molar-refractivity contribution in [1.82, 2.24) is 4.90 Å². The van der Waals surface area contributed by atoms with Crippen molar-refractivity contribution in [2.45, 2.75) is 37.8 Å². The Morgan fingerprint density at radius 1 is 1.19 bits per heavy atom. The van der Waals surface area contributed by atoms with Crippen molar-refractivity contribution in [3.05, 3.63) is 0 Å². The molecule has 0 radical (unpaired) electrons. The Balaban J connectivity index is 2.93. The van der Waals surface area contributed by atoms with E-state index >= 15 is 0 Å². The Morgan fingerprint density at radius 3 is 2.38 bits per heavy atom. The summed E-state index contributed by atoms with van der Waals surface area (Å²) in [5.41, 5.74) is 0. The van der Waals surface area contributed by atoms with Gasteiger partial charge in [-0.1, -0.05) is 0 Å². The van der Waals surface area contributed by atoms with Gasteiger partial charge >= 0.3 is 17.9 Å². The minimum atomic E-state index is -1.01. The van der Waals surface area contributed by atoms with E-state index in [4.69, 9.17) is 0 Å². The van der Waals surface area contributed by atoms with Gasteiger partial charge in [-0.15, -0.1) is 0 Å². The molecule has 0 aromatic rings. The van der Waals surface area contributed by atoms with Gasteiger partial charge in [-0.2, -0.15) is 0 Å². The maximum absolute atomic E-state index is 12.0. The van der Waals surface area contributed by atoms with Gasteiger partial charge in [-0.3, -0.25) is 9.59 Å². The van der Waals surface area contributed by atoms with Gasteiger partial charge in [0.1, 0.15) is 12.1 Å². The number of amides is 1. The fourth-order valence-corrected chi connectivity index (χ4v) is 2.32. The van der Waals surface area contributed by atoms with Crippen LogP contribution in [0.5, 0.6) is 0 Å². The summed E-state index contributed by atoms with van der Waals surface area (Å²) in [7, 11) is 3.62. The van der Waals surface area contributed by atoms with E-state index in [0.717, 1.165) is 4.90 Å². The molecule has 2 unspecified atom stereocenters. The molecule has 0 spiro atoms. The smallest absolute Gasteiger partial charge is 0.328 e. The molecule has 2 atom stereocenters. The van der Waals surface area contributed by atoms with E-state index in [-0.39, 0.29) is 31.6 Å². The number of ether oxygens (including phenoxy) is 3. The number of methoxy groups -OCH3 is 3. The Kier molecular flexibility index (Phi) is 6.13. The second-order valence-corrected chi connectivity index (χ2v) is 4.53. The first-order valence-corrected chi connectivity index (χ1v) is 6.49. The highest BCUT2D eigenvalue weighted by Gasteiger charge is 2.44. The second-order valence-electron chi connectivity index (χ2n) is 4.53. The Labute approximate surface area is 122 Å². The van der Waals surface area contributed by atoms with Gasteiger partial charge in [0.15, 0.2) is 0 Å². The lowest BCUT2D eigenvalue weighted by Gasteiger charge is -2.29. The number of esters is 3. The lowest BCUT2D eigenvalue weighted by atomic mass is 10.1. The third-order valence-corrected chi connectivity index (χ3v) is 3.39. The van der Waals surface area contributed by atoms with Gasteiger partial charge in [-0.25, -0.2) is 9.59 Å². The van der Waals surface area contributed by atoms with E-state index in [0.29, 0.717) is 0 Å². The van der Waals surface area contributed by atoms with Crippen LogP contribution in [0.2, 0.25) is 0 Å². The molecule has 1 rings (SSSR count). The van der Waals surface area contributed by atoms with Gasteiger partial charge in [-0.05, 0) is 12.8 Å². The van der Waals surface area contributed by atoms with Crippen molar-refractivity contribution in [3.63, 3.8) is 0 Å². The lowest BCUT2D eigenvalue weighted by Crippen LogP contribution is -2.50. The van der Waals surface area contributed by atoms with E-state index in [2.05, 4.69) is 14.2 Å². The van der Waals surface area contributed by atoms with Gasteiger partial charge < -0.3 is 19.1 Å². The predicted octanol–water partition coefficient (Wildman–Crippen LogP) is -0.355. The van der Waals surface area contributed by atoms with E-state index in [1.165, 1.54) is 21.3 Å². The molecular formula is C13H19NO7. The molecule has 0 aromatic heterocycles. The molecule has 0 saturated carbocycles. The SMILES string of the molecule is COC(=O)CCC(C(=O)OC)N1C(=O)CCC1C(=O)OC. The van der Waals surface area contributed by atoms with E-state index < -0.39 is 30.0 Å². The summed E-state index contributed by atoms with van der Waals surface area (Å²) < 4.78 is 13.8. The van der Waals surface area contributed by atoms with Gasteiger partial charge in [0.25, 0.3) is 0 Å². The summed E-state index contributed by atoms with van der Waals surface area (Å²) in [6, 6.07) is -1.84. The zero-order chi connectivity index (χ0) is 16.0. The molecule has 21 heavy (non-hydrogen) atoms. The number of carbonyl (C=O) groups excluding carboxylic acids is 4. The molecule has 1 heterocycles. The summed E-state index contributed by atoms with van der Waals surface area (Å²) in [6.45, 7) is 0. The fourth-order valence-electron chi connectivity index (χ4n) is 2.32. The highest BCUT2D eigenvalue weighted by molar-refractivity contribution is 5.92. The van der Waals surface area contributed by atoms with E-state index in [9.17, 15) is 19.2 Å². The number of carbonyl (C=O) groups is 4. The second kappa shape index (κ2) is 7.61. The Bertz CT molecular complexity index is 434. The Morgan fingerprint density at radius 2 is 1.86 bits per heavy atom. The lowest BCUT2D eigenvalue weighted by molar-refractivity contribution is -0.159. The van der Waals surface area contributed by atoms with Crippen molar-refractivity contribution >= 4 is 23.8 Å². The first kappa shape index (κ1) is 16.9. The number of likely N-dealkylation sites (tertiary alicyclic amines) is 1. The van der Waals surface area contributed by atoms with Crippen LogP contribution in [0, 0.1) is 0 Å². The molecule has 1 fully saturated rings. The molecular weight excluding hydrogens is 282 g/mol. The van der Waals surface area contributed by atoms with Crippen molar-refractivity contribution in [1.29, 1.82) is 0 Å². The van der Waals surface area contributed by atoms with Gasteiger partial charge in [0.2, 0.25) is 5.91 Å². The topological polar surface area (TPSA) is 99.2 Å². The molecule has 1 amide bonds. The molecule has 8 heteroatoms. The van der Waals surface area contributed by atoms with Crippen LogP contribution in [0.25, 0.3) is 0 Å². The number of hydrogen-bond acceptors (Lipinski definition) is 7. The van der Waals surface area contributed by atoms with Crippen LogP contribution in [-0.4, -0.2) is 62.1 Å². The summed E-state index contributed by atoms with van der Waals surface area (Å²) in [5.74, 6) is -2.12. The molecule has 1 saturated heterocycles. The highest BCUT2D eigenvalue weighted by Crippen LogP contribution is 2.25. The van der Waals surface area contributed by atoms with Crippen LogP contribution >= 0.6 is 0 Å². The first-order chi connectivity index (χ1) is 9.96. The molecule has 1 aliphatic rings. The van der Waals surface area contributed by atoms with Gasteiger partial charge in [0, 0.05) is 12.8 Å². The van der Waals surface area contributed by atoms with Crippen molar-refractivity contribution in [2.75, 3.05) is 21.3 Å². The molecule has 0 bridgehead atoms. The first-order valence-electron chi connectivity index (χ1n) is 6.49. The van der Waals surface area contributed by atoms with Crippen LogP contribution in [-0.2, 0) is 33.4 Å². The van der Waals surface area contributed by atoms with Crippen LogP contribution in [0.4, 0.5) is 0 Å². The normalized spacial score (nSPS) is 19.1. The molecule has 118 valence electrons. The number of nitrogens with zero attached hydrogens (tertiary/aromatic N) is 1. The monoisotopic (exact) mass is 301 g/mol. The third kappa shape index (κ3) is 3.93. The van der Waals surface area contributed by atoms with Crippen LogP contribution < -0.4 is 0 Å². The minimum Gasteiger partial charge on any atom is -0.469 e. The average Bonchev–Trinajstić information content (AvgIpc) is 2.87. The van der Waals surface area contributed by atoms with Crippen molar-refractivity contribution in [3.8, 4) is 0 Å². The molecule has 8 nitrogen and oxygen atoms in total. The predicted molar refractivity (Wildman–Crippen MR) is 68.9 cm³/mol. The summed E-state index contributed by atoms with van der Waals surface area (Å²) in [6.07, 6.45) is 0.384. The summed E-state index contributed by atoms with van der Waals surface area (Å²) >= 11 is 0. The maximum Gasteiger partial charge on any atom is 0.328 e. The van der Waals surface area contributed by atoms with Crippen molar-refractivity contribution < 1.29 is 33.4 Å².